The van der Waals surface area contributed by atoms with Crippen LogP contribution in [0.15, 0.2) is 4.52 Å². The molecule has 1 aromatic rings. The summed E-state index contributed by atoms with van der Waals surface area (Å²) < 4.78 is 4.83. The fraction of sp³-hybridized carbons (Fsp3) is 0.667. The number of aromatic nitrogens is 2. The first-order valence-corrected chi connectivity index (χ1v) is 5.44. The van der Waals surface area contributed by atoms with E-state index in [0.29, 0.717) is 23.4 Å². The normalized spacial score (nSPS) is 10.0. The third-order valence-corrected chi connectivity index (χ3v) is 2.08. The fourth-order valence-corrected chi connectivity index (χ4v) is 1.19. The van der Waals surface area contributed by atoms with E-state index in [1.165, 1.54) is 0 Å². The predicted octanol–water partition coefficient (Wildman–Crippen LogP) is 1.14. The first-order chi connectivity index (χ1) is 7.22. The highest BCUT2D eigenvalue weighted by Gasteiger charge is 2.02. The Morgan fingerprint density at radius 3 is 2.87 bits per heavy atom. The quantitative estimate of drug-likeness (QED) is 0.582. The molecule has 0 saturated carbocycles. The smallest absolute Gasteiger partial charge is 0.223 e. The molecule has 0 aliphatic heterocycles. The number of aryl methyl sites for hydroxylation is 1. The molecule has 0 saturated heterocycles. The van der Waals surface area contributed by atoms with Crippen LogP contribution in [0.25, 0.3) is 0 Å². The van der Waals surface area contributed by atoms with Gasteiger partial charge >= 0.3 is 0 Å². The van der Waals surface area contributed by atoms with Gasteiger partial charge in [0, 0.05) is 13.5 Å². The molecule has 0 amide bonds. The van der Waals surface area contributed by atoms with E-state index in [9.17, 15) is 0 Å². The average molecular weight is 228 g/mol. The topological polar surface area (TPSA) is 63.0 Å². The zero-order valence-electron chi connectivity index (χ0n) is 9.04. The Kier molecular flexibility index (Phi) is 5.03. The average Bonchev–Trinajstić information content (AvgIpc) is 2.62. The van der Waals surface area contributed by atoms with Gasteiger partial charge in [-0.15, -0.1) is 0 Å². The summed E-state index contributed by atoms with van der Waals surface area (Å²) in [5.74, 6) is 1.18. The molecule has 6 heteroatoms. The molecule has 84 valence electrons. The van der Waals surface area contributed by atoms with Crippen LogP contribution in [0.1, 0.15) is 31.5 Å². The molecular formula is C9H16N4OS. The lowest BCUT2D eigenvalue weighted by Crippen LogP contribution is -2.35. The van der Waals surface area contributed by atoms with E-state index in [1.54, 1.807) is 6.92 Å². The third-order valence-electron chi connectivity index (χ3n) is 1.79. The second-order valence-corrected chi connectivity index (χ2v) is 3.60. The number of hydrogen-bond donors (Lipinski definition) is 2. The number of nitrogens with one attached hydrogen (secondary N) is 2. The van der Waals surface area contributed by atoms with Crippen molar-refractivity contribution in [3.8, 4) is 0 Å². The van der Waals surface area contributed by atoms with E-state index in [-0.39, 0.29) is 0 Å². The van der Waals surface area contributed by atoms with Crippen LogP contribution >= 0.6 is 12.2 Å². The van der Waals surface area contributed by atoms with Crippen molar-refractivity contribution in [2.75, 3.05) is 6.54 Å². The van der Waals surface area contributed by atoms with E-state index in [4.69, 9.17) is 16.7 Å². The summed E-state index contributed by atoms with van der Waals surface area (Å²) in [4.78, 5) is 4.05. The Hall–Kier alpha value is -1.17. The van der Waals surface area contributed by atoms with Crippen LogP contribution in [0.4, 0.5) is 0 Å². The van der Waals surface area contributed by atoms with Gasteiger partial charge in [0.15, 0.2) is 10.9 Å². The monoisotopic (exact) mass is 228 g/mol. The first-order valence-electron chi connectivity index (χ1n) is 5.03. The van der Waals surface area contributed by atoms with Gasteiger partial charge in [-0.25, -0.2) is 0 Å². The highest BCUT2D eigenvalue weighted by molar-refractivity contribution is 7.80. The molecule has 0 radical (unpaired) electrons. The van der Waals surface area contributed by atoms with E-state index >= 15 is 0 Å². The summed E-state index contributed by atoms with van der Waals surface area (Å²) in [5, 5.41) is 10.5. The zero-order valence-corrected chi connectivity index (χ0v) is 9.86. The molecule has 0 atom stereocenters. The zero-order chi connectivity index (χ0) is 11.1. The van der Waals surface area contributed by atoms with Gasteiger partial charge in [-0.1, -0.05) is 18.5 Å². The molecule has 0 fully saturated rings. The van der Waals surface area contributed by atoms with Crippen LogP contribution in [0, 0.1) is 6.92 Å². The van der Waals surface area contributed by atoms with Crippen molar-refractivity contribution in [3.63, 3.8) is 0 Å². The summed E-state index contributed by atoms with van der Waals surface area (Å²) in [6, 6.07) is 0. The van der Waals surface area contributed by atoms with Crippen LogP contribution in [0.3, 0.4) is 0 Å². The molecule has 15 heavy (non-hydrogen) atoms. The molecule has 1 rings (SSSR count). The Bertz CT molecular complexity index is 313. The van der Waals surface area contributed by atoms with E-state index in [0.717, 1.165) is 19.4 Å². The van der Waals surface area contributed by atoms with Gasteiger partial charge in [0.05, 0.1) is 6.54 Å². The molecular weight excluding hydrogens is 212 g/mol. The highest BCUT2D eigenvalue weighted by atomic mass is 32.1. The van der Waals surface area contributed by atoms with E-state index in [1.807, 2.05) is 0 Å². The number of thiocarbonyl (C=S) groups is 1. The van der Waals surface area contributed by atoms with Gasteiger partial charge in [-0.05, 0) is 18.6 Å². The molecule has 0 aliphatic rings. The van der Waals surface area contributed by atoms with Crippen molar-refractivity contribution in [2.45, 2.75) is 33.2 Å². The van der Waals surface area contributed by atoms with Gasteiger partial charge in [-0.3, -0.25) is 0 Å². The van der Waals surface area contributed by atoms with Crippen LogP contribution < -0.4 is 10.6 Å². The summed E-state index contributed by atoms with van der Waals surface area (Å²) in [5.41, 5.74) is 0. The standard InChI is InChI=1S/C9H16N4OS/c1-3-4-5-10-9(15)11-6-8-12-7(2)14-13-8/h3-6H2,1-2H3,(H2,10,11,15). The molecule has 1 heterocycles. The summed E-state index contributed by atoms with van der Waals surface area (Å²) in [6.07, 6.45) is 2.27. The molecule has 0 aromatic carbocycles. The minimum Gasteiger partial charge on any atom is -0.363 e. The Labute approximate surface area is 94.6 Å². The number of hydrogen-bond acceptors (Lipinski definition) is 4. The van der Waals surface area contributed by atoms with Crippen LogP contribution in [0.2, 0.25) is 0 Å². The maximum atomic E-state index is 5.06. The number of nitrogens with zero attached hydrogens (tertiary/aromatic N) is 2. The Morgan fingerprint density at radius 1 is 1.47 bits per heavy atom. The molecule has 0 aliphatic carbocycles. The van der Waals surface area contributed by atoms with E-state index in [2.05, 4.69) is 27.7 Å². The largest absolute Gasteiger partial charge is 0.363 e. The maximum absolute atomic E-state index is 5.06. The van der Waals surface area contributed by atoms with Gasteiger partial charge in [-0.2, -0.15) is 4.98 Å². The van der Waals surface area contributed by atoms with Crippen LogP contribution in [0.5, 0.6) is 0 Å². The van der Waals surface area contributed by atoms with Crippen molar-refractivity contribution < 1.29 is 4.52 Å². The summed E-state index contributed by atoms with van der Waals surface area (Å²) in [6.45, 7) is 5.29. The number of unbranched alkanes of at least 4 members (excludes halogenated alkanes) is 1. The summed E-state index contributed by atoms with van der Waals surface area (Å²) in [7, 11) is 0. The van der Waals surface area contributed by atoms with Crippen molar-refractivity contribution in [1.82, 2.24) is 20.8 Å². The van der Waals surface area contributed by atoms with Crippen molar-refractivity contribution in [3.05, 3.63) is 11.7 Å². The molecule has 0 unspecified atom stereocenters. The Balaban J connectivity index is 2.16. The van der Waals surface area contributed by atoms with Gasteiger partial charge < -0.3 is 15.2 Å². The lowest BCUT2D eigenvalue weighted by Gasteiger charge is -2.07. The van der Waals surface area contributed by atoms with Crippen molar-refractivity contribution in [2.24, 2.45) is 0 Å². The Morgan fingerprint density at radius 2 is 2.27 bits per heavy atom. The fourth-order valence-electron chi connectivity index (χ4n) is 1.01. The predicted molar refractivity (Wildman–Crippen MR) is 61.4 cm³/mol. The second-order valence-electron chi connectivity index (χ2n) is 3.19. The van der Waals surface area contributed by atoms with E-state index < -0.39 is 0 Å². The lowest BCUT2D eigenvalue weighted by atomic mass is 10.3. The SMILES string of the molecule is CCCCNC(=S)NCc1noc(C)n1. The molecule has 2 N–H and O–H groups in total. The molecule has 1 aromatic heterocycles. The summed E-state index contributed by atoms with van der Waals surface area (Å²) >= 11 is 5.06. The highest BCUT2D eigenvalue weighted by Crippen LogP contribution is 1.93. The first kappa shape index (κ1) is 11.9. The maximum Gasteiger partial charge on any atom is 0.223 e. The third kappa shape index (κ3) is 4.73. The van der Waals surface area contributed by atoms with Gasteiger partial charge in [0.1, 0.15) is 0 Å². The molecule has 0 spiro atoms. The molecule has 5 nitrogen and oxygen atoms in total. The van der Waals surface area contributed by atoms with Gasteiger partial charge in [0.25, 0.3) is 0 Å². The molecule has 0 bridgehead atoms. The second kappa shape index (κ2) is 6.34. The minimum absolute atomic E-state index is 0.495. The number of rotatable bonds is 5. The van der Waals surface area contributed by atoms with Crippen LogP contribution in [-0.2, 0) is 6.54 Å². The minimum atomic E-state index is 0.495. The lowest BCUT2D eigenvalue weighted by molar-refractivity contribution is 0.387. The van der Waals surface area contributed by atoms with Crippen molar-refractivity contribution in [1.29, 1.82) is 0 Å². The van der Waals surface area contributed by atoms with Gasteiger partial charge in [0.2, 0.25) is 5.89 Å². The van der Waals surface area contributed by atoms with Crippen LogP contribution in [-0.4, -0.2) is 21.8 Å². The van der Waals surface area contributed by atoms with Crippen molar-refractivity contribution >= 4 is 17.3 Å².